The number of aliphatic carboxylic acids is 1. The average Bonchev–Trinajstić information content (AvgIpc) is 3.39. The minimum Gasteiger partial charge on any atom is -0.481 e. The number of nitrogens with one attached hydrogen (secondary N) is 1. The Morgan fingerprint density at radius 2 is 1.73 bits per heavy atom. The third-order valence-electron chi connectivity index (χ3n) is 8.30. The van der Waals surface area contributed by atoms with E-state index >= 15 is 0 Å². The van der Waals surface area contributed by atoms with Crippen LogP contribution in [0.5, 0.6) is 0 Å². The number of hydrogen-bond donors (Lipinski definition) is 2. The van der Waals surface area contributed by atoms with E-state index in [1.54, 1.807) is 16.9 Å². The number of pyridine rings is 1. The Labute approximate surface area is 237 Å². The molecule has 0 spiro atoms. The maximum absolute atomic E-state index is 13.9. The Morgan fingerprint density at radius 3 is 2.49 bits per heavy atom. The van der Waals surface area contributed by atoms with Crippen molar-refractivity contribution in [3.8, 4) is 11.1 Å². The lowest BCUT2D eigenvalue weighted by Gasteiger charge is -2.31. The van der Waals surface area contributed by atoms with E-state index in [2.05, 4.69) is 15.4 Å². The highest BCUT2D eigenvalue weighted by atomic mass is 19.1. The molecule has 2 N–H and O–H groups in total. The van der Waals surface area contributed by atoms with Crippen LogP contribution in [-0.4, -0.2) is 37.8 Å². The molecule has 3 aromatic carbocycles. The van der Waals surface area contributed by atoms with Crippen LogP contribution in [0.2, 0.25) is 0 Å². The van der Waals surface area contributed by atoms with Crippen LogP contribution >= 0.6 is 0 Å². The van der Waals surface area contributed by atoms with Gasteiger partial charge in [0.1, 0.15) is 5.82 Å². The number of benzene rings is 3. The average molecular weight is 551 g/mol. The number of hydrogen-bond acceptors (Lipinski definition) is 4. The molecule has 1 atom stereocenters. The SMILES string of the molecule is C[C@H](NC(=O)c1cc(-c2ccccc2)cc2cnn(Cc3ccc4ccc(F)cc4n3)c12)C1CCC(C(=O)O)CC1. The van der Waals surface area contributed by atoms with Gasteiger partial charge >= 0.3 is 5.97 Å². The summed E-state index contributed by atoms with van der Waals surface area (Å²) in [7, 11) is 0. The summed E-state index contributed by atoms with van der Waals surface area (Å²) in [6.45, 7) is 2.31. The third-order valence-corrected chi connectivity index (χ3v) is 8.30. The molecule has 208 valence electrons. The number of amides is 1. The number of carbonyl (C=O) groups is 2. The molecule has 2 aromatic heterocycles. The molecule has 1 aliphatic carbocycles. The summed E-state index contributed by atoms with van der Waals surface area (Å²) in [4.78, 5) is 29.9. The van der Waals surface area contributed by atoms with Crippen LogP contribution in [0.1, 0.15) is 48.7 Å². The monoisotopic (exact) mass is 550 g/mol. The highest BCUT2D eigenvalue weighted by molar-refractivity contribution is 6.07. The van der Waals surface area contributed by atoms with Crippen LogP contribution < -0.4 is 5.32 Å². The molecule has 1 amide bonds. The molecule has 7 nitrogen and oxygen atoms in total. The smallest absolute Gasteiger partial charge is 0.306 e. The quantitative estimate of drug-likeness (QED) is 0.243. The summed E-state index contributed by atoms with van der Waals surface area (Å²) in [6.07, 6.45) is 4.55. The van der Waals surface area contributed by atoms with Gasteiger partial charge in [0.15, 0.2) is 0 Å². The van der Waals surface area contributed by atoms with E-state index in [4.69, 9.17) is 0 Å². The minimum absolute atomic E-state index is 0.110. The minimum atomic E-state index is -0.737. The predicted molar refractivity (Wildman–Crippen MR) is 156 cm³/mol. The largest absolute Gasteiger partial charge is 0.481 e. The Bertz CT molecular complexity index is 1740. The van der Waals surface area contributed by atoms with Crippen molar-refractivity contribution < 1.29 is 19.1 Å². The van der Waals surface area contributed by atoms with Gasteiger partial charge in [-0.05, 0) is 80.0 Å². The van der Waals surface area contributed by atoms with Gasteiger partial charge in [0.25, 0.3) is 5.91 Å². The summed E-state index contributed by atoms with van der Waals surface area (Å²) in [5, 5.41) is 18.9. The molecule has 0 bridgehead atoms. The Kier molecular flexibility index (Phi) is 7.22. The standard InChI is InChI=1S/C33H31FN4O3/c1-20(21-7-9-24(10-8-21)33(40)41)36-32(39)29-16-25(22-5-3-2-4-6-22)15-26-18-35-38(31(26)29)19-28-14-12-23-11-13-27(34)17-30(23)37-28/h2-6,11-18,20-21,24H,7-10,19H2,1H3,(H,36,39)(H,40,41)/t20-,21?,24?/m0/s1. The van der Waals surface area contributed by atoms with E-state index in [9.17, 15) is 19.1 Å². The molecule has 1 aliphatic rings. The van der Waals surface area contributed by atoms with Crippen LogP contribution in [0.25, 0.3) is 32.9 Å². The van der Waals surface area contributed by atoms with Gasteiger partial charge in [-0.3, -0.25) is 19.3 Å². The fourth-order valence-corrected chi connectivity index (χ4v) is 5.97. The zero-order valence-electron chi connectivity index (χ0n) is 22.8. The van der Waals surface area contributed by atoms with Crippen LogP contribution in [0.3, 0.4) is 0 Å². The van der Waals surface area contributed by atoms with Crippen molar-refractivity contribution in [1.82, 2.24) is 20.1 Å². The highest BCUT2D eigenvalue weighted by Crippen LogP contribution is 2.32. The number of nitrogens with zero attached hydrogens (tertiary/aromatic N) is 3. The molecule has 2 heterocycles. The van der Waals surface area contributed by atoms with Crippen LogP contribution in [-0.2, 0) is 11.3 Å². The molecule has 1 saturated carbocycles. The molecule has 0 radical (unpaired) electrons. The van der Waals surface area contributed by atoms with Crippen molar-refractivity contribution >= 4 is 33.7 Å². The molecule has 0 aliphatic heterocycles. The van der Waals surface area contributed by atoms with Crippen LogP contribution in [0.15, 0.2) is 79.0 Å². The van der Waals surface area contributed by atoms with E-state index in [1.165, 1.54) is 12.1 Å². The fourth-order valence-electron chi connectivity index (χ4n) is 5.97. The molecule has 0 saturated heterocycles. The fraction of sp³-hybridized carbons (Fsp3) is 0.273. The predicted octanol–water partition coefficient (Wildman–Crippen LogP) is 6.45. The van der Waals surface area contributed by atoms with Crippen molar-refractivity contribution in [2.45, 2.75) is 45.2 Å². The molecular weight excluding hydrogens is 519 g/mol. The third kappa shape index (κ3) is 5.55. The van der Waals surface area contributed by atoms with Gasteiger partial charge in [0, 0.05) is 22.9 Å². The topological polar surface area (TPSA) is 97.1 Å². The van der Waals surface area contributed by atoms with Crippen molar-refractivity contribution in [2.24, 2.45) is 11.8 Å². The summed E-state index contributed by atoms with van der Waals surface area (Å²) >= 11 is 0. The number of carboxylic acid groups (broad SMARTS) is 1. The van der Waals surface area contributed by atoms with Gasteiger partial charge in [-0.2, -0.15) is 5.10 Å². The lowest BCUT2D eigenvalue weighted by molar-refractivity contribution is -0.143. The molecule has 1 fully saturated rings. The van der Waals surface area contributed by atoms with Crippen LogP contribution in [0, 0.1) is 17.7 Å². The highest BCUT2D eigenvalue weighted by Gasteiger charge is 2.30. The van der Waals surface area contributed by atoms with E-state index in [1.807, 2.05) is 61.5 Å². The summed E-state index contributed by atoms with van der Waals surface area (Å²) < 4.78 is 15.6. The number of rotatable bonds is 7. The second-order valence-electron chi connectivity index (χ2n) is 11.0. The van der Waals surface area contributed by atoms with E-state index in [0.29, 0.717) is 41.7 Å². The Hall–Kier alpha value is -4.59. The van der Waals surface area contributed by atoms with Crippen LogP contribution in [0.4, 0.5) is 4.39 Å². The van der Waals surface area contributed by atoms with E-state index < -0.39 is 5.97 Å². The van der Waals surface area contributed by atoms with Gasteiger partial charge in [0.2, 0.25) is 0 Å². The maximum atomic E-state index is 13.9. The number of fused-ring (bicyclic) bond motifs is 2. The first-order valence-corrected chi connectivity index (χ1v) is 14.0. The first-order chi connectivity index (χ1) is 19.9. The van der Waals surface area contributed by atoms with E-state index in [-0.39, 0.29) is 29.6 Å². The van der Waals surface area contributed by atoms with Gasteiger partial charge in [-0.15, -0.1) is 0 Å². The molecule has 8 heteroatoms. The van der Waals surface area contributed by atoms with Gasteiger partial charge in [0.05, 0.1) is 41.0 Å². The molecular formula is C33H31FN4O3. The normalized spacial score (nSPS) is 17.9. The molecule has 0 unspecified atom stereocenters. The lowest BCUT2D eigenvalue weighted by atomic mass is 9.79. The first-order valence-electron chi connectivity index (χ1n) is 14.0. The van der Waals surface area contributed by atoms with Gasteiger partial charge in [-0.1, -0.05) is 36.4 Å². The van der Waals surface area contributed by atoms with Gasteiger partial charge < -0.3 is 10.4 Å². The Morgan fingerprint density at radius 1 is 0.976 bits per heavy atom. The first kappa shape index (κ1) is 26.6. The number of carboxylic acids is 1. The van der Waals surface area contributed by atoms with Gasteiger partial charge in [-0.25, -0.2) is 4.39 Å². The summed E-state index contributed by atoms with van der Waals surface area (Å²) in [5.74, 6) is -1.36. The molecule has 5 aromatic rings. The molecule has 6 rings (SSSR count). The number of halogens is 1. The van der Waals surface area contributed by atoms with E-state index in [0.717, 1.165) is 34.7 Å². The van der Waals surface area contributed by atoms with Crippen molar-refractivity contribution in [3.63, 3.8) is 0 Å². The van der Waals surface area contributed by atoms with Crippen molar-refractivity contribution in [3.05, 3.63) is 96.1 Å². The Balaban J connectivity index is 1.34. The zero-order chi connectivity index (χ0) is 28.5. The second-order valence-corrected chi connectivity index (χ2v) is 11.0. The number of carbonyl (C=O) groups excluding carboxylic acids is 1. The summed E-state index contributed by atoms with van der Waals surface area (Å²) in [6, 6.07) is 22.1. The lowest BCUT2D eigenvalue weighted by Crippen LogP contribution is -2.40. The number of aromatic nitrogens is 3. The second kappa shape index (κ2) is 11.1. The maximum Gasteiger partial charge on any atom is 0.306 e. The van der Waals surface area contributed by atoms with Crippen molar-refractivity contribution in [1.29, 1.82) is 0 Å². The molecule has 41 heavy (non-hydrogen) atoms. The summed E-state index contributed by atoms with van der Waals surface area (Å²) in [5.41, 5.74) is 4.39. The zero-order valence-corrected chi connectivity index (χ0v) is 22.8. The van der Waals surface area contributed by atoms with Crippen molar-refractivity contribution in [2.75, 3.05) is 0 Å².